The molecule has 3 aromatic rings. The number of carbonyl (C=O) groups is 1. The van der Waals surface area contributed by atoms with Crippen LogP contribution in [-0.4, -0.2) is 27.8 Å². The van der Waals surface area contributed by atoms with Crippen LogP contribution in [0.4, 0.5) is 17.5 Å². The van der Waals surface area contributed by atoms with Gasteiger partial charge in [0, 0.05) is 6.54 Å². The highest BCUT2D eigenvalue weighted by Crippen LogP contribution is 2.20. The van der Waals surface area contributed by atoms with Crippen molar-refractivity contribution in [2.45, 2.75) is 20.4 Å². The zero-order valence-electron chi connectivity index (χ0n) is 15.3. The molecule has 1 heterocycles. The summed E-state index contributed by atoms with van der Waals surface area (Å²) in [5, 5.41) is 14.2. The predicted octanol–water partition coefficient (Wildman–Crippen LogP) is 3.71. The van der Waals surface area contributed by atoms with Gasteiger partial charge in [-0.05, 0) is 37.1 Å². The highest BCUT2D eigenvalue weighted by molar-refractivity contribution is 5.96. The summed E-state index contributed by atoms with van der Waals surface area (Å²) in [5.74, 6) is 0.480. The third kappa shape index (κ3) is 4.78. The topological polar surface area (TPSA) is 89.0 Å². The number of nitrogens with one attached hydrogen (secondary N) is 2. The van der Waals surface area contributed by atoms with E-state index in [0.29, 0.717) is 36.2 Å². The van der Waals surface area contributed by atoms with Crippen LogP contribution in [-0.2, 0) is 11.3 Å². The Bertz CT molecular complexity index is 930. The van der Waals surface area contributed by atoms with E-state index in [-0.39, 0.29) is 0 Å². The molecule has 0 aliphatic rings. The Balaban J connectivity index is 1.73. The Labute approximate surface area is 157 Å². The lowest BCUT2D eigenvalue weighted by atomic mass is 10.1. The lowest BCUT2D eigenvalue weighted by molar-refractivity contribution is 0.0527. The molecule has 0 radical (unpaired) electrons. The van der Waals surface area contributed by atoms with E-state index in [1.54, 1.807) is 31.3 Å². The summed E-state index contributed by atoms with van der Waals surface area (Å²) in [7, 11) is 0. The van der Waals surface area contributed by atoms with Crippen molar-refractivity contribution in [3.05, 3.63) is 71.4 Å². The van der Waals surface area contributed by atoms with Gasteiger partial charge in [0.2, 0.25) is 5.95 Å². The highest BCUT2D eigenvalue weighted by Gasteiger charge is 2.13. The molecule has 2 N–H and O–H groups in total. The van der Waals surface area contributed by atoms with E-state index in [1.165, 1.54) is 11.1 Å². The van der Waals surface area contributed by atoms with E-state index in [2.05, 4.69) is 44.9 Å². The Morgan fingerprint density at radius 2 is 1.89 bits per heavy atom. The minimum atomic E-state index is -0.401. The molecule has 0 unspecified atom stereocenters. The van der Waals surface area contributed by atoms with E-state index in [1.807, 2.05) is 18.2 Å². The van der Waals surface area contributed by atoms with Crippen molar-refractivity contribution in [3.63, 3.8) is 0 Å². The van der Waals surface area contributed by atoms with Crippen molar-refractivity contribution in [1.82, 2.24) is 15.2 Å². The van der Waals surface area contributed by atoms with Crippen LogP contribution in [0.25, 0.3) is 0 Å². The fraction of sp³-hybridized carbons (Fsp3) is 0.200. The summed E-state index contributed by atoms with van der Waals surface area (Å²) in [6.07, 6.45) is 1.56. The second-order valence-corrected chi connectivity index (χ2v) is 5.84. The Kier molecular flexibility index (Phi) is 5.94. The number of nitrogens with zero attached hydrogens (tertiary/aromatic N) is 3. The molecule has 0 atom stereocenters. The first-order valence-corrected chi connectivity index (χ1v) is 8.68. The van der Waals surface area contributed by atoms with E-state index in [4.69, 9.17) is 4.74 Å². The van der Waals surface area contributed by atoms with Gasteiger partial charge in [-0.25, -0.2) is 4.79 Å². The molecule has 0 bridgehead atoms. The molecule has 0 aliphatic carbocycles. The number of aryl methyl sites for hydroxylation is 1. The maximum Gasteiger partial charge on any atom is 0.340 e. The van der Waals surface area contributed by atoms with Crippen LogP contribution < -0.4 is 10.6 Å². The van der Waals surface area contributed by atoms with E-state index in [9.17, 15) is 4.79 Å². The summed E-state index contributed by atoms with van der Waals surface area (Å²) in [6.45, 7) is 4.77. The van der Waals surface area contributed by atoms with Gasteiger partial charge in [-0.2, -0.15) is 10.1 Å². The minimum absolute atomic E-state index is 0.293. The number of para-hydroxylation sites is 1. The lowest BCUT2D eigenvalue weighted by Crippen LogP contribution is -2.10. The standard InChI is InChI=1S/C20H21N5O2/c1-3-27-19(26)16-10-6-7-11-17(16)23-20-24-18(13-22-25-20)21-12-15-9-5-4-8-14(15)2/h4-11,13H,3,12H2,1-2H3,(H2,21,23,24,25). The number of benzene rings is 2. The Morgan fingerprint density at radius 3 is 2.70 bits per heavy atom. The first kappa shape index (κ1) is 18.3. The Morgan fingerprint density at radius 1 is 1.11 bits per heavy atom. The predicted molar refractivity (Wildman–Crippen MR) is 104 cm³/mol. The van der Waals surface area contributed by atoms with E-state index in [0.717, 1.165) is 0 Å². The number of carbonyl (C=O) groups excluding carboxylic acids is 1. The monoisotopic (exact) mass is 363 g/mol. The van der Waals surface area contributed by atoms with Gasteiger partial charge in [0.15, 0.2) is 5.82 Å². The molecule has 7 heteroatoms. The molecular formula is C20H21N5O2. The molecule has 0 aliphatic heterocycles. The molecule has 0 amide bonds. The van der Waals surface area contributed by atoms with Crippen molar-refractivity contribution in [2.24, 2.45) is 0 Å². The van der Waals surface area contributed by atoms with Crippen LogP contribution in [0.15, 0.2) is 54.7 Å². The maximum atomic E-state index is 12.1. The summed E-state index contributed by atoms with van der Waals surface area (Å²) < 4.78 is 5.08. The fourth-order valence-corrected chi connectivity index (χ4v) is 2.54. The number of ether oxygens (including phenoxy) is 1. The zero-order valence-corrected chi connectivity index (χ0v) is 15.3. The fourth-order valence-electron chi connectivity index (χ4n) is 2.54. The number of esters is 1. The number of hydrogen-bond acceptors (Lipinski definition) is 7. The van der Waals surface area contributed by atoms with Gasteiger partial charge in [0.05, 0.1) is 24.1 Å². The Hall–Kier alpha value is -3.48. The smallest absolute Gasteiger partial charge is 0.340 e. The third-order valence-electron chi connectivity index (χ3n) is 3.95. The molecule has 138 valence electrons. The molecule has 27 heavy (non-hydrogen) atoms. The summed E-state index contributed by atoms with van der Waals surface area (Å²) >= 11 is 0. The average molecular weight is 363 g/mol. The van der Waals surface area contributed by atoms with Crippen molar-refractivity contribution in [3.8, 4) is 0 Å². The number of anilines is 3. The van der Waals surface area contributed by atoms with Crippen LogP contribution in [0.2, 0.25) is 0 Å². The quantitative estimate of drug-likeness (QED) is 0.619. The van der Waals surface area contributed by atoms with Crippen molar-refractivity contribution < 1.29 is 9.53 Å². The second kappa shape index (κ2) is 8.75. The molecule has 0 fully saturated rings. The molecule has 0 spiro atoms. The van der Waals surface area contributed by atoms with Gasteiger partial charge >= 0.3 is 5.97 Å². The number of aromatic nitrogens is 3. The van der Waals surface area contributed by atoms with Crippen molar-refractivity contribution >= 4 is 23.4 Å². The normalized spacial score (nSPS) is 10.3. The molecular weight excluding hydrogens is 342 g/mol. The van der Waals surface area contributed by atoms with Gasteiger partial charge in [-0.3, -0.25) is 0 Å². The third-order valence-corrected chi connectivity index (χ3v) is 3.95. The van der Waals surface area contributed by atoms with Crippen molar-refractivity contribution in [2.75, 3.05) is 17.2 Å². The zero-order chi connectivity index (χ0) is 19.1. The molecule has 0 saturated heterocycles. The number of rotatable bonds is 7. The molecule has 7 nitrogen and oxygen atoms in total. The number of hydrogen-bond donors (Lipinski definition) is 2. The van der Waals surface area contributed by atoms with E-state index >= 15 is 0 Å². The van der Waals surface area contributed by atoms with Gasteiger partial charge in [-0.1, -0.05) is 36.4 Å². The van der Waals surface area contributed by atoms with Crippen molar-refractivity contribution in [1.29, 1.82) is 0 Å². The van der Waals surface area contributed by atoms with Crippen LogP contribution in [0.5, 0.6) is 0 Å². The van der Waals surface area contributed by atoms with Crippen LogP contribution in [0.3, 0.4) is 0 Å². The molecule has 2 aromatic carbocycles. The van der Waals surface area contributed by atoms with Gasteiger partial charge < -0.3 is 15.4 Å². The van der Waals surface area contributed by atoms with Gasteiger partial charge in [-0.15, -0.1) is 5.10 Å². The average Bonchev–Trinajstić information content (AvgIpc) is 2.68. The molecule has 0 saturated carbocycles. The summed E-state index contributed by atoms with van der Waals surface area (Å²) in [4.78, 5) is 16.5. The first-order chi connectivity index (χ1) is 13.2. The van der Waals surface area contributed by atoms with E-state index < -0.39 is 5.97 Å². The first-order valence-electron chi connectivity index (χ1n) is 8.68. The van der Waals surface area contributed by atoms with Crippen LogP contribution in [0, 0.1) is 6.92 Å². The molecule has 3 rings (SSSR count). The molecule has 1 aromatic heterocycles. The maximum absolute atomic E-state index is 12.1. The minimum Gasteiger partial charge on any atom is -0.462 e. The summed E-state index contributed by atoms with van der Waals surface area (Å²) in [6, 6.07) is 15.2. The largest absolute Gasteiger partial charge is 0.462 e. The van der Waals surface area contributed by atoms with Crippen LogP contribution >= 0.6 is 0 Å². The summed E-state index contributed by atoms with van der Waals surface area (Å²) in [5.41, 5.74) is 3.36. The van der Waals surface area contributed by atoms with Gasteiger partial charge in [0.25, 0.3) is 0 Å². The lowest BCUT2D eigenvalue weighted by Gasteiger charge is -2.11. The SMILES string of the molecule is CCOC(=O)c1ccccc1Nc1nncc(NCc2ccccc2C)n1. The second-order valence-electron chi connectivity index (χ2n) is 5.84. The highest BCUT2D eigenvalue weighted by atomic mass is 16.5. The van der Waals surface area contributed by atoms with Crippen LogP contribution in [0.1, 0.15) is 28.4 Å². The van der Waals surface area contributed by atoms with Gasteiger partial charge in [0.1, 0.15) is 0 Å².